The van der Waals surface area contributed by atoms with Gasteiger partial charge in [0, 0.05) is 18.6 Å². The molecule has 5 heteroatoms. The number of aromatic nitrogens is 3. The average molecular weight is 230 g/mol. The molecule has 0 atom stereocenters. The highest BCUT2D eigenvalue weighted by Crippen LogP contribution is 2.07. The standard InChI is InChI=1S/C12H14N4O/c1-2-9-4-3-5-13-10(9)8-16-11-12(17)15-7-6-14-11/h3-7H,2,8H2,1H3,(H,14,16)(H,15,17). The van der Waals surface area contributed by atoms with Crippen LogP contribution in [0.3, 0.4) is 0 Å². The van der Waals surface area contributed by atoms with Crippen molar-refractivity contribution in [2.45, 2.75) is 19.9 Å². The maximum Gasteiger partial charge on any atom is 0.290 e. The van der Waals surface area contributed by atoms with Gasteiger partial charge in [0.25, 0.3) is 5.56 Å². The lowest BCUT2D eigenvalue weighted by Gasteiger charge is -2.07. The highest BCUT2D eigenvalue weighted by Gasteiger charge is 2.03. The summed E-state index contributed by atoms with van der Waals surface area (Å²) in [6.07, 6.45) is 5.72. The maximum absolute atomic E-state index is 11.4. The number of anilines is 1. The van der Waals surface area contributed by atoms with Gasteiger partial charge in [0.15, 0.2) is 5.82 Å². The van der Waals surface area contributed by atoms with Gasteiger partial charge in [-0.05, 0) is 18.1 Å². The molecule has 2 rings (SSSR count). The molecule has 17 heavy (non-hydrogen) atoms. The second-order valence-electron chi connectivity index (χ2n) is 3.58. The number of pyridine rings is 1. The van der Waals surface area contributed by atoms with E-state index in [1.165, 1.54) is 11.8 Å². The van der Waals surface area contributed by atoms with Gasteiger partial charge in [-0.2, -0.15) is 0 Å². The Morgan fingerprint density at radius 1 is 1.35 bits per heavy atom. The molecule has 0 aliphatic heterocycles. The Balaban J connectivity index is 2.13. The number of aryl methyl sites for hydroxylation is 1. The van der Waals surface area contributed by atoms with E-state index in [0.29, 0.717) is 12.4 Å². The van der Waals surface area contributed by atoms with Crippen LogP contribution in [0, 0.1) is 0 Å². The molecule has 2 aromatic heterocycles. The van der Waals surface area contributed by atoms with Crippen LogP contribution in [0.25, 0.3) is 0 Å². The molecule has 88 valence electrons. The summed E-state index contributed by atoms with van der Waals surface area (Å²) in [4.78, 5) is 22.2. The van der Waals surface area contributed by atoms with Crippen LogP contribution in [-0.2, 0) is 13.0 Å². The Morgan fingerprint density at radius 3 is 3.00 bits per heavy atom. The van der Waals surface area contributed by atoms with Crippen LogP contribution in [-0.4, -0.2) is 15.0 Å². The van der Waals surface area contributed by atoms with Crippen LogP contribution in [0.1, 0.15) is 18.2 Å². The third-order valence-corrected chi connectivity index (χ3v) is 2.50. The van der Waals surface area contributed by atoms with Crippen molar-refractivity contribution in [1.82, 2.24) is 15.0 Å². The fraction of sp³-hybridized carbons (Fsp3) is 0.250. The Labute approximate surface area is 99.0 Å². The molecule has 2 N–H and O–H groups in total. The van der Waals surface area contributed by atoms with Crippen LogP contribution in [0.4, 0.5) is 5.82 Å². The van der Waals surface area contributed by atoms with Crippen molar-refractivity contribution in [3.8, 4) is 0 Å². The molecule has 0 aliphatic carbocycles. The first-order valence-corrected chi connectivity index (χ1v) is 5.51. The number of hydrogen-bond donors (Lipinski definition) is 2. The lowest BCUT2D eigenvalue weighted by molar-refractivity contribution is 0.956. The van der Waals surface area contributed by atoms with Crippen molar-refractivity contribution in [3.05, 3.63) is 52.3 Å². The molecular formula is C12H14N4O. The average Bonchev–Trinajstić information content (AvgIpc) is 2.38. The van der Waals surface area contributed by atoms with E-state index >= 15 is 0 Å². The molecule has 0 aromatic carbocycles. The van der Waals surface area contributed by atoms with Crippen LogP contribution in [0.5, 0.6) is 0 Å². The summed E-state index contributed by atoms with van der Waals surface area (Å²) in [6.45, 7) is 2.58. The van der Waals surface area contributed by atoms with Gasteiger partial charge < -0.3 is 10.3 Å². The molecule has 0 unspecified atom stereocenters. The summed E-state index contributed by atoms with van der Waals surface area (Å²) in [5.41, 5.74) is 1.90. The number of nitrogens with one attached hydrogen (secondary N) is 2. The number of nitrogens with zero attached hydrogens (tertiary/aromatic N) is 2. The molecule has 0 saturated heterocycles. The highest BCUT2D eigenvalue weighted by atomic mass is 16.1. The molecule has 0 bridgehead atoms. The van der Waals surface area contributed by atoms with Crippen LogP contribution < -0.4 is 10.9 Å². The molecule has 0 aliphatic rings. The minimum atomic E-state index is -0.221. The van der Waals surface area contributed by atoms with Gasteiger partial charge >= 0.3 is 0 Å². The minimum absolute atomic E-state index is 0.221. The molecular weight excluding hydrogens is 216 g/mol. The lowest BCUT2D eigenvalue weighted by atomic mass is 10.1. The summed E-state index contributed by atoms with van der Waals surface area (Å²) < 4.78 is 0. The van der Waals surface area contributed by atoms with E-state index in [1.807, 2.05) is 12.1 Å². The Kier molecular flexibility index (Phi) is 3.49. The van der Waals surface area contributed by atoms with Gasteiger partial charge in [-0.1, -0.05) is 13.0 Å². The second kappa shape index (κ2) is 5.25. The van der Waals surface area contributed by atoms with E-state index in [2.05, 4.69) is 27.2 Å². The fourth-order valence-electron chi connectivity index (χ4n) is 1.60. The third kappa shape index (κ3) is 2.69. The monoisotopic (exact) mass is 230 g/mol. The largest absolute Gasteiger partial charge is 0.360 e. The van der Waals surface area contributed by atoms with Crippen molar-refractivity contribution < 1.29 is 0 Å². The van der Waals surface area contributed by atoms with E-state index in [4.69, 9.17) is 0 Å². The molecule has 2 aromatic rings. The van der Waals surface area contributed by atoms with Crippen LogP contribution in [0.15, 0.2) is 35.5 Å². The van der Waals surface area contributed by atoms with E-state index in [0.717, 1.165) is 12.1 Å². The topological polar surface area (TPSA) is 70.7 Å². The zero-order valence-corrected chi connectivity index (χ0v) is 9.60. The second-order valence-corrected chi connectivity index (χ2v) is 3.58. The highest BCUT2D eigenvalue weighted by molar-refractivity contribution is 5.32. The summed E-state index contributed by atoms with van der Waals surface area (Å²) >= 11 is 0. The smallest absolute Gasteiger partial charge is 0.290 e. The van der Waals surface area contributed by atoms with Gasteiger partial charge in [-0.15, -0.1) is 0 Å². The number of aromatic amines is 1. The van der Waals surface area contributed by atoms with Gasteiger partial charge in [0.1, 0.15) is 0 Å². The van der Waals surface area contributed by atoms with E-state index in [-0.39, 0.29) is 5.56 Å². The van der Waals surface area contributed by atoms with Crippen molar-refractivity contribution >= 4 is 5.82 Å². The van der Waals surface area contributed by atoms with Gasteiger partial charge in [-0.3, -0.25) is 9.78 Å². The predicted octanol–water partition coefficient (Wildman–Crippen LogP) is 1.34. The molecule has 5 nitrogen and oxygen atoms in total. The Morgan fingerprint density at radius 2 is 2.24 bits per heavy atom. The first-order valence-electron chi connectivity index (χ1n) is 5.51. The number of H-pyrrole nitrogens is 1. The van der Waals surface area contributed by atoms with Crippen LogP contribution in [0.2, 0.25) is 0 Å². The minimum Gasteiger partial charge on any atom is -0.360 e. The first-order chi connectivity index (χ1) is 8.31. The maximum atomic E-state index is 11.4. The number of rotatable bonds is 4. The van der Waals surface area contributed by atoms with Crippen molar-refractivity contribution in [2.24, 2.45) is 0 Å². The van der Waals surface area contributed by atoms with Crippen molar-refractivity contribution in [2.75, 3.05) is 5.32 Å². The summed E-state index contributed by atoms with van der Waals surface area (Å²) in [5, 5.41) is 2.99. The molecule has 2 heterocycles. The zero-order chi connectivity index (χ0) is 12.1. The normalized spacial score (nSPS) is 10.2. The summed E-state index contributed by atoms with van der Waals surface area (Å²) in [5.74, 6) is 0.320. The van der Waals surface area contributed by atoms with Crippen molar-refractivity contribution in [1.29, 1.82) is 0 Å². The molecule has 0 amide bonds. The van der Waals surface area contributed by atoms with Crippen LogP contribution >= 0.6 is 0 Å². The van der Waals surface area contributed by atoms with Gasteiger partial charge in [0.2, 0.25) is 0 Å². The predicted molar refractivity (Wildman–Crippen MR) is 65.8 cm³/mol. The summed E-state index contributed by atoms with van der Waals surface area (Å²) in [6, 6.07) is 3.95. The van der Waals surface area contributed by atoms with Crippen molar-refractivity contribution in [3.63, 3.8) is 0 Å². The van der Waals surface area contributed by atoms with E-state index in [1.54, 1.807) is 12.4 Å². The van der Waals surface area contributed by atoms with Gasteiger partial charge in [-0.25, -0.2) is 4.98 Å². The molecule has 0 saturated carbocycles. The van der Waals surface area contributed by atoms with Gasteiger partial charge in [0.05, 0.1) is 12.2 Å². The fourth-order valence-corrected chi connectivity index (χ4v) is 1.60. The van der Waals surface area contributed by atoms with E-state index in [9.17, 15) is 4.79 Å². The lowest BCUT2D eigenvalue weighted by Crippen LogP contribution is -2.16. The Hall–Kier alpha value is -2.17. The first kappa shape index (κ1) is 11.3. The summed E-state index contributed by atoms with van der Waals surface area (Å²) in [7, 11) is 0. The molecule has 0 spiro atoms. The third-order valence-electron chi connectivity index (χ3n) is 2.50. The quantitative estimate of drug-likeness (QED) is 0.831. The zero-order valence-electron chi connectivity index (χ0n) is 9.60. The SMILES string of the molecule is CCc1cccnc1CNc1ncc[nH]c1=O. The Bertz CT molecular complexity index is 550. The molecule has 0 fully saturated rings. The number of hydrogen-bond acceptors (Lipinski definition) is 4. The van der Waals surface area contributed by atoms with E-state index < -0.39 is 0 Å². The molecule has 0 radical (unpaired) electrons.